The van der Waals surface area contributed by atoms with E-state index in [9.17, 15) is 4.79 Å². The molecule has 0 aliphatic carbocycles. The summed E-state index contributed by atoms with van der Waals surface area (Å²) in [5.74, 6) is -0.426. The Labute approximate surface area is 165 Å². The van der Waals surface area contributed by atoms with Gasteiger partial charge in [0, 0.05) is 29.0 Å². The van der Waals surface area contributed by atoms with Gasteiger partial charge in [-0.3, -0.25) is 0 Å². The van der Waals surface area contributed by atoms with Gasteiger partial charge in [-0.1, -0.05) is 41.4 Å². The number of hydrogen-bond donors (Lipinski definition) is 0. The van der Waals surface area contributed by atoms with Crippen LogP contribution in [0.5, 0.6) is 0 Å². The van der Waals surface area contributed by atoms with Crippen LogP contribution in [-0.4, -0.2) is 27.1 Å². The van der Waals surface area contributed by atoms with Gasteiger partial charge in [0.25, 0.3) is 0 Å². The van der Waals surface area contributed by atoms with Gasteiger partial charge in [-0.05, 0) is 30.7 Å². The average molecular weight is 400 g/mol. The number of pyridine rings is 2. The number of carbonyl (C=O) groups excluding carboxylic acids is 1. The zero-order valence-corrected chi connectivity index (χ0v) is 16.0. The van der Waals surface area contributed by atoms with Crippen LogP contribution >= 0.6 is 23.2 Å². The van der Waals surface area contributed by atoms with Gasteiger partial charge in [-0.2, -0.15) is 0 Å². The Morgan fingerprint density at radius 2 is 1.89 bits per heavy atom. The smallest absolute Gasteiger partial charge is 0.356 e. The molecule has 0 unspecified atom stereocenters. The number of carbonyl (C=O) groups is 1. The normalized spacial score (nSPS) is 11.2. The van der Waals surface area contributed by atoms with E-state index in [0.717, 1.165) is 27.4 Å². The van der Waals surface area contributed by atoms with Crippen molar-refractivity contribution in [3.8, 4) is 0 Å². The highest BCUT2D eigenvalue weighted by molar-refractivity contribution is 6.41. The second kappa shape index (κ2) is 7.18. The lowest BCUT2D eigenvalue weighted by Crippen LogP contribution is -2.07. The van der Waals surface area contributed by atoms with E-state index >= 15 is 0 Å². The molecule has 3 heterocycles. The molecule has 0 saturated carbocycles. The third-order valence-corrected chi connectivity index (χ3v) is 5.02. The van der Waals surface area contributed by atoms with Crippen LogP contribution in [0.2, 0.25) is 10.2 Å². The first-order valence-electron chi connectivity index (χ1n) is 8.42. The highest BCUT2D eigenvalue weighted by Gasteiger charge is 2.15. The fraction of sp³-hybridized carbons (Fsp3) is 0.150. The molecule has 4 rings (SSSR count). The number of esters is 1. The van der Waals surface area contributed by atoms with Crippen molar-refractivity contribution in [1.29, 1.82) is 0 Å². The highest BCUT2D eigenvalue weighted by atomic mass is 35.5. The Bertz CT molecular complexity index is 1170. The molecule has 0 amide bonds. The number of aromatic nitrogens is 3. The van der Waals surface area contributed by atoms with E-state index in [1.807, 2.05) is 24.3 Å². The molecule has 136 valence electrons. The summed E-state index contributed by atoms with van der Waals surface area (Å²) in [6.07, 6.45) is 3.40. The number of halogens is 2. The predicted octanol–water partition coefficient (Wildman–Crippen LogP) is 5.12. The van der Waals surface area contributed by atoms with Crippen molar-refractivity contribution >= 4 is 51.0 Å². The summed E-state index contributed by atoms with van der Waals surface area (Å²) in [4.78, 5) is 20.5. The molecule has 0 radical (unpaired) electrons. The molecule has 1 aromatic carbocycles. The molecule has 0 saturated heterocycles. The molecule has 0 atom stereocenters. The van der Waals surface area contributed by atoms with E-state index in [1.54, 1.807) is 31.5 Å². The van der Waals surface area contributed by atoms with Gasteiger partial charge in [-0.25, -0.2) is 14.8 Å². The summed E-state index contributed by atoms with van der Waals surface area (Å²) in [7, 11) is 0. The maximum atomic E-state index is 12.1. The molecule has 0 fully saturated rings. The molecule has 3 aromatic heterocycles. The first kappa shape index (κ1) is 17.8. The Morgan fingerprint density at radius 1 is 1.07 bits per heavy atom. The zero-order chi connectivity index (χ0) is 19.0. The number of fused-ring (bicyclic) bond motifs is 3. The van der Waals surface area contributed by atoms with Gasteiger partial charge < -0.3 is 9.30 Å². The summed E-state index contributed by atoms with van der Waals surface area (Å²) in [5.41, 5.74) is 3.15. The van der Waals surface area contributed by atoms with Crippen molar-refractivity contribution in [1.82, 2.24) is 14.5 Å². The van der Waals surface area contributed by atoms with Crippen LogP contribution in [0, 0.1) is 0 Å². The summed E-state index contributed by atoms with van der Waals surface area (Å²) >= 11 is 12.0. The van der Waals surface area contributed by atoms with Crippen molar-refractivity contribution in [2.24, 2.45) is 0 Å². The summed E-state index contributed by atoms with van der Waals surface area (Å²) in [5, 5.41) is 2.67. The van der Waals surface area contributed by atoms with Crippen LogP contribution < -0.4 is 0 Å². The topological polar surface area (TPSA) is 57.0 Å². The van der Waals surface area contributed by atoms with Gasteiger partial charge in [0.1, 0.15) is 10.8 Å². The molecule has 0 aliphatic rings. The van der Waals surface area contributed by atoms with E-state index in [1.165, 1.54) is 0 Å². The second-order valence-corrected chi connectivity index (χ2v) is 6.79. The third kappa shape index (κ3) is 3.24. The first-order valence-corrected chi connectivity index (χ1v) is 9.18. The van der Waals surface area contributed by atoms with E-state index in [0.29, 0.717) is 23.9 Å². The molecule has 0 aliphatic heterocycles. The number of hydrogen-bond acceptors (Lipinski definition) is 4. The van der Waals surface area contributed by atoms with Crippen molar-refractivity contribution < 1.29 is 9.53 Å². The van der Waals surface area contributed by atoms with Crippen LogP contribution in [0.1, 0.15) is 23.0 Å². The van der Waals surface area contributed by atoms with Crippen LogP contribution in [0.4, 0.5) is 0 Å². The number of ether oxygens (including phenoxy) is 1. The van der Waals surface area contributed by atoms with Gasteiger partial charge in [0.2, 0.25) is 0 Å². The molecule has 7 heteroatoms. The fourth-order valence-electron chi connectivity index (χ4n) is 3.16. The lowest BCUT2D eigenvalue weighted by atomic mass is 10.1. The third-order valence-electron chi connectivity index (χ3n) is 4.34. The maximum absolute atomic E-state index is 12.1. The van der Waals surface area contributed by atoms with Gasteiger partial charge in [0.15, 0.2) is 0 Å². The lowest BCUT2D eigenvalue weighted by Gasteiger charge is -2.08. The maximum Gasteiger partial charge on any atom is 0.356 e. The zero-order valence-electron chi connectivity index (χ0n) is 14.4. The molecule has 27 heavy (non-hydrogen) atoms. The van der Waals surface area contributed by atoms with Crippen molar-refractivity contribution in [2.45, 2.75) is 13.5 Å². The summed E-state index contributed by atoms with van der Waals surface area (Å²) in [6, 6.07) is 11.6. The number of nitrogens with zero attached hydrogens (tertiary/aromatic N) is 3. The Morgan fingerprint density at radius 3 is 2.67 bits per heavy atom. The summed E-state index contributed by atoms with van der Waals surface area (Å²) < 4.78 is 7.19. The van der Waals surface area contributed by atoms with Gasteiger partial charge >= 0.3 is 5.97 Å². The second-order valence-electron chi connectivity index (χ2n) is 6.03. The number of para-hydroxylation sites is 1. The van der Waals surface area contributed by atoms with Crippen molar-refractivity contribution in [3.05, 3.63) is 70.2 Å². The molecule has 4 aromatic rings. The Balaban J connectivity index is 1.88. The van der Waals surface area contributed by atoms with Crippen molar-refractivity contribution in [2.75, 3.05) is 6.61 Å². The molecular formula is C20H15Cl2N3O2. The van der Waals surface area contributed by atoms with Crippen molar-refractivity contribution in [3.63, 3.8) is 0 Å². The Kier molecular flexibility index (Phi) is 4.72. The quantitative estimate of drug-likeness (QED) is 0.353. The molecule has 0 N–H and O–H groups in total. The standard InChI is InChI=1S/C20H15Cl2N3O2/c1-2-27-20(26)16-8-14-13-5-3-4-6-17(13)25(18(14)10-23-16)11-12-7-15(21)19(22)24-9-12/h3-10H,2,11H2,1H3. The number of benzene rings is 1. The van der Waals surface area contributed by atoms with Crippen LogP contribution in [-0.2, 0) is 11.3 Å². The minimum Gasteiger partial charge on any atom is -0.461 e. The van der Waals surface area contributed by atoms with Gasteiger partial charge in [-0.15, -0.1) is 0 Å². The van der Waals surface area contributed by atoms with E-state index < -0.39 is 5.97 Å². The minimum absolute atomic E-state index is 0.281. The number of rotatable bonds is 4. The largest absolute Gasteiger partial charge is 0.461 e. The highest BCUT2D eigenvalue weighted by Crippen LogP contribution is 2.30. The van der Waals surface area contributed by atoms with E-state index in [4.69, 9.17) is 27.9 Å². The fourth-order valence-corrected chi connectivity index (χ4v) is 3.45. The predicted molar refractivity (Wildman–Crippen MR) is 107 cm³/mol. The molecule has 0 spiro atoms. The summed E-state index contributed by atoms with van der Waals surface area (Å²) in [6.45, 7) is 2.63. The van der Waals surface area contributed by atoms with Crippen LogP contribution in [0.3, 0.4) is 0 Å². The Hall–Kier alpha value is -2.63. The molecule has 5 nitrogen and oxygen atoms in total. The van der Waals surface area contributed by atoms with E-state index in [2.05, 4.69) is 14.5 Å². The first-order chi connectivity index (χ1) is 13.1. The van der Waals surface area contributed by atoms with Crippen LogP contribution in [0.25, 0.3) is 21.8 Å². The van der Waals surface area contributed by atoms with Crippen LogP contribution in [0.15, 0.2) is 48.8 Å². The average Bonchev–Trinajstić information content (AvgIpc) is 2.98. The monoisotopic (exact) mass is 399 g/mol. The SMILES string of the molecule is CCOC(=O)c1cc2c3ccccc3n(Cc3cnc(Cl)c(Cl)c3)c2cn1. The lowest BCUT2D eigenvalue weighted by molar-refractivity contribution is 0.0519. The van der Waals surface area contributed by atoms with E-state index in [-0.39, 0.29) is 5.15 Å². The van der Waals surface area contributed by atoms with Gasteiger partial charge in [0.05, 0.1) is 23.3 Å². The molecular weight excluding hydrogens is 385 g/mol. The molecule has 0 bridgehead atoms. The minimum atomic E-state index is -0.426.